The lowest BCUT2D eigenvalue weighted by atomic mass is 9.79. The summed E-state index contributed by atoms with van der Waals surface area (Å²) in [5.74, 6) is 0. The van der Waals surface area contributed by atoms with Crippen LogP contribution >= 0.6 is 0 Å². The molecule has 0 aliphatic heterocycles. The molecule has 0 heteroatoms. The van der Waals surface area contributed by atoms with Crippen molar-refractivity contribution in [2.24, 2.45) is 0 Å². The molecule has 0 fully saturated rings. The summed E-state index contributed by atoms with van der Waals surface area (Å²) in [4.78, 5) is 0. The Labute approximate surface area is 281 Å². The summed E-state index contributed by atoms with van der Waals surface area (Å²) in [6.07, 6.45) is 0. The van der Waals surface area contributed by atoms with Gasteiger partial charge < -0.3 is 0 Å². The van der Waals surface area contributed by atoms with Gasteiger partial charge >= 0.3 is 0 Å². The van der Waals surface area contributed by atoms with Crippen molar-refractivity contribution in [3.8, 4) is 33.4 Å². The third-order valence-electron chi connectivity index (χ3n) is 10.2. The van der Waals surface area contributed by atoms with Gasteiger partial charge in [-0.05, 0) is 122 Å². The fraction of sp³-hybridized carbons (Fsp3) is 0.0833. The maximum atomic E-state index is 2.48. The minimum Gasteiger partial charge on any atom is -0.0622 e. The van der Waals surface area contributed by atoms with Crippen LogP contribution in [0.5, 0.6) is 0 Å². The van der Waals surface area contributed by atoms with E-state index in [0.717, 1.165) is 0 Å². The third-order valence-corrected chi connectivity index (χ3v) is 10.2. The molecular weight excluding hydrogens is 577 g/mol. The molecule has 0 saturated heterocycles. The van der Waals surface area contributed by atoms with Crippen molar-refractivity contribution in [3.05, 3.63) is 169 Å². The maximum Gasteiger partial charge on any atom is -0.00198 e. The molecule has 0 heterocycles. The highest BCUT2D eigenvalue weighted by Gasteiger charge is 2.23. The van der Waals surface area contributed by atoms with Gasteiger partial charge in [0.1, 0.15) is 0 Å². The second kappa shape index (κ2) is 10.9. The first-order chi connectivity index (χ1) is 23.5. The molecule has 0 atom stereocenters. The lowest BCUT2D eigenvalue weighted by molar-refractivity contribution is 0.591. The van der Waals surface area contributed by atoms with Crippen molar-refractivity contribution >= 4 is 53.9 Å². The molecule has 0 bridgehead atoms. The lowest BCUT2D eigenvalue weighted by Gasteiger charge is -2.24. The molecule has 9 rings (SSSR count). The van der Waals surface area contributed by atoms with Gasteiger partial charge in [-0.25, -0.2) is 0 Å². The van der Waals surface area contributed by atoms with Gasteiger partial charge in [-0.3, -0.25) is 0 Å². The van der Waals surface area contributed by atoms with Crippen molar-refractivity contribution in [1.82, 2.24) is 0 Å². The van der Waals surface area contributed by atoms with Crippen molar-refractivity contribution in [1.29, 1.82) is 0 Å². The van der Waals surface area contributed by atoms with E-state index in [9.17, 15) is 0 Å². The summed E-state index contributed by atoms with van der Waals surface area (Å²) in [6.45, 7) is 6.95. The number of benzene rings is 9. The summed E-state index contributed by atoms with van der Waals surface area (Å²) in [6, 6.07) is 60.9. The van der Waals surface area contributed by atoms with Gasteiger partial charge in [-0.15, -0.1) is 0 Å². The molecule has 228 valence electrons. The zero-order chi connectivity index (χ0) is 32.4. The molecule has 0 unspecified atom stereocenters. The highest BCUT2D eigenvalue weighted by Crippen LogP contribution is 2.49. The van der Waals surface area contributed by atoms with Gasteiger partial charge in [0, 0.05) is 0 Å². The van der Waals surface area contributed by atoms with E-state index in [1.165, 1.54) is 92.8 Å². The van der Waals surface area contributed by atoms with Gasteiger partial charge in [0.15, 0.2) is 0 Å². The largest absolute Gasteiger partial charge is 0.0622 e. The predicted octanol–water partition coefficient (Wildman–Crippen LogP) is 13.8. The summed E-state index contributed by atoms with van der Waals surface area (Å²) < 4.78 is 0. The molecule has 0 amide bonds. The first-order valence-corrected chi connectivity index (χ1v) is 16.9. The summed E-state index contributed by atoms with van der Waals surface area (Å²) >= 11 is 0. The van der Waals surface area contributed by atoms with Gasteiger partial charge in [0.2, 0.25) is 0 Å². The van der Waals surface area contributed by atoms with E-state index in [-0.39, 0.29) is 5.41 Å². The molecule has 0 radical (unpaired) electrons. The van der Waals surface area contributed by atoms with Gasteiger partial charge in [0.25, 0.3) is 0 Å². The van der Waals surface area contributed by atoms with Crippen molar-refractivity contribution in [2.45, 2.75) is 26.2 Å². The summed E-state index contributed by atoms with van der Waals surface area (Å²) in [5, 5.41) is 12.8. The monoisotopic (exact) mass is 612 g/mol. The van der Waals surface area contributed by atoms with Crippen molar-refractivity contribution in [3.63, 3.8) is 0 Å². The highest BCUT2D eigenvalue weighted by molar-refractivity contribution is 6.26. The number of rotatable bonds is 3. The Morgan fingerprint density at radius 2 is 0.792 bits per heavy atom. The SMILES string of the molecule is CC(C)(C)c1ccc2c(-c3cc4ccccc4cc3-c3ccccc3)c3ccccc3c(-c3cc4ccccc4c4ccccc34)c2c1. The van der Waals surface area contributed by atoms with Gasteiger partial charge in [-0.1, -0.05) is 160 Å². The fourth-order valence-electron chi connectivity index (χ4n) is 7.79. The van der Waals surface area contributed by atoms with Crippen LogP contribution in [0.3, 0.4) is 0 Å². The number of fused-ring (bicyclic) bond motifs is 6. The normalized spacial score (nSPS) is 12.1. The molecular formula is C48H36. The number of hydrogen-bond acceptors (Lipinski definition) is 0. The van der Waals surface area contributed by atoms with Crippen LogP contribution in [0.15, 0.2) is 164 Å². The Morgan fingerprint density at radius 3 is 1.46 bits per heavy atom. The van der Waals surface area contributed by atoms with Crippen LogP contribution in [0.1, 0.15) is 26.3 Å². The van der Waals surface area contributed by atoms with E-state index < -0.39 is 0 Å². The van der Waals surface area contributed by atoms with Crippen LogP contribution in [-0.2, 0) is 5.41 Å². The molecule has 48 heavy (non-hydrogen) atoms. The second-order valence-electron chi connectivity index (χ2n) is 14.1. The van der Waals surface area contributed by atoms with Crippen LogP contribution in [0.2, 0.25) is 0 Å². The molecule has 0 saturated carbocycles. The molecule has 9 aromatic rings. The molecule has 0 N–H and O–H groups in total. The maximum absolute atomic E-state index is 2.48. The van der Waals surface area contributed by atoms with Gasteiger partial charge in [-0.2, -0.15) is 0 Å². The first-order valence-electron chi connectivity index (χ1n) is 16.9. The molecule has 9 aromatic carbocycles. The zero-order valence-electron chi connectivity index (χ0n) is 27.6. The fourth-order valence-corrected chi connectivity index (χ4v) is 7.79. The molecule has 0 aliphatic carbocycles. The van der Waals surface area contributed by atoms with Crippen LogP contribution in [0.4, 0.5) is 0 Å². The van der Waals surface area contributed by atoms with Crippen LogP contribution in [0.25, 0.3) is 87.2 Å². The summed E-state index contributed by atoms with van der Waals surface area (Å²) in [5.41, 5.74) is 8.96. The zero-order valence-corrected chi connectivity index (χ0v) is 27.6. The topological polar surface area (TPSA) is 0 Å². The predicted molar refractivity (Wildman–Crippen MR) is 209 cm³/mol. The Hall–Kier alpha value is -5.72. The van der Waals surface area contributed by atoms with Crippen molar-refractivity contribution in [2.75, 3.05) is 0 Å². The molecule has 0 aliphatic rings. The van der Waals surface area contributed by atoms with E-state index >= 15 is 0 Å². The Morgan fingerprint density at radius 1 is 0.312 bits per heavy atom. The van der Waals surface area contributed by atoms with Crippen LogP contribution in [0, 0.1) is 0 Å². The molecule has 0 aromatic heterocycles. The minimum absolute atomic E-state index is 0.000862. The summed E-state index contributed by atoms with van der Waals surface area (Å²) in [7, 11) is 0. The van der Waals surface area contributed by atoms with E-state index in [1.807, 2.05) is 0 Å². The standard InChI is InChI=1S/C48H36/c1-48(2,3)35-25-26-41-45(30-35)47(43-29-34-19-9-10-20-36(34)37-21-11-12-22-38(37)43)40-24-14-13-23-39(40)46(41)44-28-33-18-8-7-17-32(33)27-42(44)31-15-5-4-6-16-31/h4-30H,1-3H3. The highest BCUT2D eigenvalue weighted by atomic mass is 14.3. The van der Waals surface area contributed by atoms with Gasteiger partial charge in [0.05, 0.1) is 0 Å². The Kier molecular flexibility index (Phi) is 6.49. The van der Waals surface area contributed by atoms with E-state index in [2.05, 4.69) is 185 Å². The smallest absolute Gasteiger partial charge is 0.00198 e. The van der Waals surface area contributed by atoms with Crippen LogP contribution in [-0.4, -0.2) is 0 Å². The molecule has 0 spiro atoms. The van der Waals surface area contributed by atoms with Crippen LogP contribution < -0.4 is 0 Å². The number of hydrogen-bond donors (Lipinski definition) is 0. The van der Waals surface area contributed by atoms with E-state index in [1.54, 1.807) is 0 Å². The quantitative estimate of drug-likeness (QED) is 0.138. The first kappa shape index (κ1) is 28.5. The molecule has 0 nitrogen and oxygen atoms in total. The lowest BCUT2D eigenvalue weighted by Crippen LogP contribution is -2.10. The Bertz CT molecular complexity index is 2690. The second-order valence-corrected chi connectivity index (χ2v) is 14.1. The minimum atomic E-state index is 0.000862. The third kappa shape index (κ3) is 4.52. The van der Waals surface area contributed by atoms with E-state index in [4.69, 9.17) is 0 Å². The van der Waals surface area contributed by atoms with E-state index in [0.29, 0.717) is 0 Å². The van der Waals surface area contributed by atoms with Crippen molar-refractivity contribution < 1.29 is 0 Å². The average molecular weight is 613 g/mol. The Balaban J connectivity index is 1.50. The average Bonchev–Trinajstić information content (AvgIpc) is 3.13.